The Labute approximate surface area is 76.3 Å². The Kier molecular flexibility index (Phi) is 2.27. The number of anilines is 2. The summed E-state index contributed by atoms with van der Waals surface area (Å²) in [5, 5.41) is 3.15. The van der Waals surface area contributed by atoms with E-state index in [9.17, 15) is 0 Å². The summed E-state index contributed by atoms with van der Waals surface area (Å²) in [5.41, 5.74) is 5.51. The maximum Gasteiger partial charge on any atom is 0.224 e. The summed E-state index contributed by atoms with van der Waals surface area (Å²) in [5.74, 6) is 1.06. The molecule has 0 aliphatic carbocycles. The zero-order valence-electron chi connectivity index (χ0n) is 7.23. The second-order valence-electron chi connectivity index (χ2n) is 3.01. The van der Waals surface area contributed by atoms with Crippen LogP contribution in [0.5, 0.6) is 0 Å². The summed E-state index contributed by atoms with van der Waals surface area (Å²) in [6.07, 6.45) is 2.64. The highest BCUT2D eigenvalue weighted by Crippen LogP contribution is 2.09. The molecule has 0 aromatic carbocycles. The number of nitrogens with one attached hydrogen (secondary N) is 1. The Morgan fingerprint density at radius 2 is 2.54 bits per heavy atom. The van der Waals surface area contributed by atoms with Crippen molar-refractivity contribution in [3.63, 3.8) is 0 Å². The fourth-order valence-corrected chi connectivity index (χ4v) is 1.27. The molecule has 1 aromatic heterocycles. The maximum atomic E-state index is 5.51. The summed E-state index contributed by atoms with van der Waals surface area (Å²) in [7, 11) is 0. The van der Waals surface area contributed by atoms with Crippen LogP contribution in [-0.2, 0) is 4.74 Å². The Balaban J connectivity index is 2.00. The van der Waals surface area contributed by atoms with Crippen molar-refractivity contribution >= 4 is 11.8 Å². The summed E-state index contributed by atoms with van der Waals surface area (Å²) in [6.45, 7) is 1.53. The highest BCUT2D eigenvalue weighted by Gasteiger charge is 2.15. The topological polar surface area (TPSA) is 73.1 Å². The van der Waals surface area contributed by atoms with E-state index in [4.69, 9.17) is 10.5 Å². The second-order valence-corrected chi connectivity index (χ2v) is 3.01. The molecule has 1 atom stereocenters. The Morgan fingerprint density at radius 1 is 1.62 bits per heavy atom. The van der Waals surface area contributed by atoms with Gasteiger partial charge in [0.2, 0.25) is 5.95 Å². The second kappa shape index (κ2) is 3.57. The van der Waals surface area contributed by atoms with Crippen LogP contribution in [0.4, 0.5) is 11.8 Å². The first kappa shape index (κ1) is 8.25. The Bertz CT molecular complexity index is 285. The van der Waals surface area contributed by atoms with Gasteiger partial charge in [0.15, 0.2) is 0 Å². The van der Waals surface area contributed by atoms with E-state index in [0.717, 1.165) is 19.6 Å². The molecule has 0 bridgehead atoms. The lowest BCUT2D eigenvalue weighted by Gasteiger charge is -2.09. The first-order valence-electron chi connectivity index (χ1n) is 4.27. The van der Waals surface area contributed by atoms with Crippen LogP contribution in [0.15, 0.2) is 12.3 Å². The maximum absolute atomic E-state index is 5.51. The molecule has 70 valence electrons. The van der Waals surface area contributed by atoms with Crippen LogP contribution in [0.25, 0.3) is 0 Å². The van der Waals surface area contributed by atoms with Crippen LogP contribution >= 0.6 is 0 Å². The third kappa shape index (κ3) is 2.06. The summed E-state index contributed by atoms with van der Waals surface area (Å²) in [6, 6.07) is 1.98. The number of nitrogen functional groups attached to an aromatic ring is 1. The van der Waals surface area contributed by atoms with Crippen molar-refractivity contribution in [1.29, 1.82) is 0 Å². The number of hydrogen-bond donors (Lipinski definition) is 2. The van der Waals surface area contributed by atoms with E-state index in [1.54, 1.807) is 12.3 Å². The fourth-order valence-electron chi connectivity index (χ4n) is 1.27. The van der Waals surface area contributed by atoms with Crippen molar-refractivity contribution in [2.75, 3.05) is 24.3 Å². The van der Waals surface area contributed by atoms with E-state index >= 15 is 0 Å². The number of nitrogens with two attached hydrogens (primary N) is 1. The third-order valence-corrected chi connectivity index (χ3v) is 1.94. The van der Waals surface area contributed by atoms with Gasteiger partial charge < -0.3 is 15.8 Å². The van der Waals surface area contributed by atoms with Crippen LogP contribution in [-0.4, -0.2) is 29.2 Å². The smallest absolute Gasteiger partial charge is 0.224 e. The molecule has 0 spiro atoms. The lowest BCUT2D eigenvalue weighted by atomic mass is 10.3. The number of rotatable bonds is 2. The zero-order chi connectivity index (χ0) is 9.10. The van der Waals surface area contributed by atoms with Gasteiger partial charge in [-0.05, 0) is 12.5 Å². The molecule has 1 fully saturated rings. The van der Waals surface area contributed by atoms with Gasteiger partial charge in [0.1, 0.15) is 5.82 Å². The summed E-state index contributed by atoms with van der Waals surface area (Å²) in [4.78, 5) is 8.08. The predicted octanol–water partition coefficient (Wildman–Crippen LogP) is 0.260. The molecule has 0 amide bonds. The molecule has 1 saturated heterocycles. The SMILES string of the molecule is Nc1ccnc(NC2CCOC2)n1. The largest absolute Gasteiger partial charge is 0.384 e. The van der Waals surface area contributed by atoms with Gasteiger partial charge in [-0.25, -0.2) is 4.98 Å². The minimum Gasteiger partial charge on any atom is -0.384 e. The molecule has 5 nitrogen and oxygen atoms in total. The van der Waals surface area contributed by atoms with Crippen LogP contribution in [0.3, 0.4) is 0 Å². The van der Waals surface area contributed by atoms with Gasteiger partial charge in [0, 0.05) is 12.8 Å². The minimum absolute atomic E-state index is 0.321. The number of nitrogens with zero attached hydrogens (tertiary/aromatic N) is 2. The van der Waals surface area contributed by atoms with Crippen molar-refractivity contribution in [3.8, 4) is 0 Å². The molecular formula is C8H12N4O. The average molecular weight is 180 g/mol. The van der Waals surface area contributed by atoms with Crippen molar-refractivity contribution < 1.29 is 4.74 Å². The highest BCUT2D eigenvalue weighted by molar-refractivity contribution is 5.35. The molecular weight excluding hydrogens is 168 g/mol. The predicted molar refractivity (Wildman–Crippen MR) is 49.3 cm³/mol. The van der Waals surface area contributed by atoms with Crippen molar-refractivity contribution in [2.24, 2.45) is 0 Å². The number of hydrogen-bond acceptors (Lipinski definition) is 5. The van der Waals surface area contributed by atoms with Crippen LogP contribution in [0, 0.1) is 0 Å². The van der Waals surface area contributed by atoms with Gasteiger partial charge in [-0.15, -0.1) is 0 Å². The fraction of sp³-hybridized carbons (Fsp3) is 0.500. The normalized spacial score (nSPS) is 21.7. The molecule has 1 aliphatic heterocycles. The molecule has 2 rings (SSSR count). The summed E-state index contributed by atoms with van der Waals surface area (Å²) >= 11 is 0. The van der Waals surface area contributed by atoms with Crippen molar-refractivity contribution in [3.05, 3.63) is 12.3 Å². The highest BCUT2D eigenvalue weighted by atomic mass is 16.5. The molecule has 0 saturated carbocycles. The number of ether oxygens (including phenoxy) is 1. The average Bonchev–Trinajstić information content (AvgIpc) is 2.57. The zero-order valence-corrected chi connectivity index (χ0v) is 7.23. The van der Waals surface area contributed by atoms with E-state index < -0.39 is 0 Å². The molecule has 2 heterocycles. The molecule has 1 unspecified atom stereocenters. The minimum atomic E-state index is 0.321. The van der Waals surface area contributed by atoms with Crippen molar-refractivity contribution in [1.82, 2.24) is 9.97 Å². The van der Waals surface area contributed by atoms with Crippen molar-refractivity contribution in [2.45, 2.75) is 12.5 Å². The molecule has 13 heavy (non-hydrogen) atoms. The quantitative estimate of drug-likeness (QED) is 0.683. The molecule has 1 aliphatic rings. The first-order chi connectivity index (χ1) is 6.34. The van der Waals surface area contributed by atoms with E-state index in [1.165, 1.54) is 0 Å². The van der Waals surface area contributed by atoms with Gasteiger partial charge in [-0.1, -0.05) is 0 Å². The van der Waals surface area contributed by atoms with Gasteiger partial charge in [0.25, 0.3) is 0 Å². The monoisotopic (exact) mass is 180 g/mol. The first-order valence-corrected chi connectivity index (χ1v) is 4.27. The number of aromatic nitrogens is 2. The van der Waals surface area contributed by atoms with E-state index in [1.807, 2.05) is 0 Å². The molecule has 1 aromatic rings. The standard InChI is InChI=1S/C8H12N4O/c9-7-1-3-10-8(12-7)11-6-2-4-13-5-6/h1,3,6H,2,4-5H2,(H3,9,10,11,12). The lowest BCUT2D eigenvalue weighted by molar-refractivity contribution is 0.195. The Morgan fingerprint density at radius 3 is 3.23 bits per heavy atom. The Hall–Kier alpha value is -1.36. The van der Waals surface area contributed by atoms with Gasteiger partial charge in [-0.3, -0.25) is 0 Å². The third-order valence-electron chi connectivity index (χ3n) is 1.94. The lowest BCUT2D eigenvalue weighted by Crippen LogP contribution is -2.20. The van der Waals surface area contributed by atoms with E-state index in [-0.39, 0.29) is 0 Å². The molecule has 3 N–H and O–H groups in total. The van der Waals surface area contributed by atoms with Crippen LogP contribution in [0.1, 0.15) is 6.42 Å². The molecule has 5 heteroatoms. The van der Waals surface area contributed by atoms with E-state index in [0.29, 0.717) is 17.8 Å². The van der Waals surface area contributed by atoms with Gasteiger partial charge in [0.05, 0.1) is 12.6 Å². The van der Waals surface area contributed by atoms with E-state index in [2.05, 4.69) is 15.3 Å². The molecule has 0 radical (unpaired) electrons. The van der Waals surface area contributed by atoms with Gasteiger partial charge >= 0.3 is 0 Å². The van der Waals surface area contributed by atoms with Crippen LogP contribution < -0.4 is 11.1 Å². The summed E-state index contributed by atoms with van der Waals surface area (Å²) < 4.78 is 5.21. The van der Waals surface area contributed by atoms with Crippen LogP contribution in [0.2, 0.25) is 0 Å². The van der Waals surface area contributed by atoms with Gasteiger partial charge in [-0.2, -0.15) is 4.98 Å².